The number of anilines is 2. The highest BCUT2D eigenvalue weighted by atomic mass is 16.6. The van der Waals surface area contributed by atoms with Gasteiger partial charge in [0.05, 0.1) is 22.4 Å². The van der Waals surface area contributed by atoms with E-state index in [9.17, 15) is 14.9 Å². The standard InChI is InChI=1S/C23H18N8O3/c1-14-19(22(32)27-17-7-4-10-25-13-17)20(15-5-2-8-18(11-15)31(33)34)30-23(26-14)28-21(29-30)16-6-3-9-24-12-16/h2-13,20H,1H3,(H,27,32)(H,26,28,29)/t20-/m1/s1. The van der Waals surface area contributed by atoms with E-state index in [1.165, 1.54) is 18.3 Å². The number of rotatable bonds is 5. The molecule has 11 heteroatoms. The molecule has 0 unspecified atom stereocenters. The van der Waals surface area contributed by atoms with E-state index in [0.29, 0.717) is 39.9 Å². The lowest BCUT2D eigenvalue weighted by molar-refractivity contribution is -0.384. The van der Waals surface area contributed by atoms with Crippen LogP contribution >= 0.6 is 0 Å². The van der Waals surface area contributed by atoms with Gasteiger partial charge in [0, 0.05) is 42.0 Å². The van der Waals surface area contributed by atoms with Crippen molar-refractivity contribution in [2.75, 3.05) is 10.6 Å². The molecule has 3 aromatic heterocycles. The van der Waals surface area contributed by atoms with Gasteiger partial charge in [-0.25, -0.2) is 4.68 Å². The molecule has 0 radical (unpaired) electrons. The van der Waals surface area contributed by atoms with E-state index in [0.717, 1.165) is 0 Å². The van der Waals surface area contributed by atoms with Gasteiger partial charge in [0.1, 0.15) is 6.04 Å². The van der Waals surface area contributed by atoms with E-state index >= 15 is 0 Å². The van der Waals surface area contributed by atoms with E-state index in [2.05, 4.69) is 30.7 Å². The van der Waals surface area contributed by atoms with Gasteiger partial charge in [-0.2, -0.15) is 4.98 Å². The third-order valence-corrected chi connectivity index (χ3v) is 5.33. The first kappa shape index (κ1) is 20.9. The number of carbonyl (C=O) groups is 1. The smallest absolute Gasteiger partial charge is 0.269 e. The van der Waals surface area contributed by atoms with Crippen LogP contribution in [0.5, 0.6) is 0 Å². The number of nitrogens with zero attached hydrogens (tertiary/aromatic N) is 6. The summed E-state index contributed by atoms with van der Waals surface area (Å²) < 4.78 is 1.56. The molecule has 34 heavy (non-hydrogen) atoms. The molecule has 0 fully saturated rings. The van der Waals surface area contributed by atoms with Crippen LogP contribution in [0, 0.1) is 10.1 Å². The first-order chi connectivity index (χ1) is 16.5. The van der Waals surface area contributed by atoms with Gasteiger partial charge in [-0.1, -0.05) is 12.1 Å². The Kier molecular flexibility index (Phi) is 5.26. The van der Waals surface area contributed by atoms with Crippen LogP contribution in [0.3, 0.4) is 0 Å². The van der Waals surface area contributed by atoms with Crippen molar-refractivity contribution in [1.82, 2.24) is 24.7 Å². The molecule has 0 aliphatic carbocycles. The minimum atomic E-state index is -0.759. The molecule has 1 amide bonds. The Bertz CT molecular complexity index is 1420. The molecule has 2 N–H and O–H groups in total. The molecule has 1 aromatic carbocycles. The van der Waals surface area contributed by atoms with Crippen molar-refractivity contribution in [3.8, 4) is 11.4 Å². The highest BCUT2D eigenvalue weighted by Gasteiger charge is 2.35. The normalized spacial score (nSPS) is 14.8. The Hall–Kier alpha value is -4.93. The van der Waals surface area contributed by atoms with Crippen molar-refractivity contribution in [1.29, 1.82) is 0 Å². The predicted molar refractivity (Wildman–Crippen MR) is 124 cm³/mol. The predicted octanol–water partition coefficient (Wildman–Crippen LogP) is 3.57. The summed E-state index contributed by atoms with van der Waals surface area (Å²) in [5, 5.41) is 22.1. The summed E-state index contributed by atoms with van der Waals surface area (Å²) >= 11 is 0. The van der Waals surface area contributed by atoms with Crippen molar-refractivity contribution >= 4 is 23.2 Å². The lowest BCUT2D eigenvalue weighted by atomic mass is 9.94. The fourth-order valence-corrected chi connectivity index (χ4v) is 3.81. The molecule has 4 aromatic rings. The molecule has 0 saturated carbocycles. The van der Waals surface area contributed by atoms with Crippen LogP contribution in [0.15, 0.2) is 84.6 Å². The Morgan fingerprint density at radius 1 is 1.12 bits per heavy atom. The SMILES string of the molecule is CC1=C(C(=O)Nc2cccnc2)[C@@H](c2cccc([N+](=O)[O-])c2)n2nc(-c3cccnc3)nc2N1. The first-order valence-corrected chi connectivity index (χ1v) is 10.3. The van der Waals surface area contributed by atoms with Crippen LogP contribution in [0.2, 0.25) is 0 Å². The van der Waals surface area contributed by atoms with Crippen molar-refractivity contribution in [3.63, 3.8) is 0 Å². The van der Waals surface area contributed by atoms with Gasteiger partial charge in [0.15, 0.2) is 5.82 Å². The van der Waals surface area contributed by atoms with E-state index in [1.807, 2.05) is 6.07 Å². The van der Waals surface area contributed by atoms with Gasteiger partial charge in [0.25, 0.3) is 11.6 Å². The quantitative estimate of drug-likeness (QED) is 0.344. The van der Waals surface area contributed by atoms with Gasteiger partial charge in [-0.15, -0.1) is 5.10 Å². The number of pyridine rings is 2. The first-order valence-electron chi connectivity index (χ1n) is 10.3. The molecule has 0 spiro atoms. The summed E-state index contributed by atoms with van der Waals surface area (Å²) in [4.78, 5) is 37.1. The molecule has 1 atom stereocenters. The number of allylic oxidation sites excluding steroid dienone is 1. The average molecular weight is 454 g/mol. The monoisotopic (exact) mass is 454 g/mol. The van der Waals surface area contributed by atoms with Crippen molar-refractivity contribution < 1.29 is 9.72 Å². The zero-order chi connectivity index (χ0) is 23.7. The van der Waals surface area contributed by atoms with E-state index in [1.54, 1.807) is 60.5 Å². The Labute approximate surface area is 193 Å². The summed E-state index contributed by atoms with van der Waals surface area (Å²) in [5.41, 5.74) is 2.55. The van der Waals surface area contributed by atoms with Crippen LogP contribution in [0.25, 0.3) is 11.4 Å². The number of non-ortho nitro benzene ring substituents is 1. The van der Waals surface area contributed by atoms with Crippen molar-refractivity contribution in [3.05, 3.63) is 100 Å². The molecule has 168 valence electrons. The lowest BCUT2D eigenvalue weighted by Crippen LogP contribution is -2.31. The zero-order valence-electron chi connectivity index (χ0n) is 17.9. The Morgan fingerprint density at radius 3 is 2.62 bits per heavy atom. The second-order valence-corrected chi connectivity index (χ2v) is 7.56. The molecule has 1 aliphatic rings. The van der Waals surface area contributed by atoms with Crippen molar-refractivity contribution in [2.45, 2.75) is 13.0 Å². The molecular weight excluding hydrogens is 436 g/mol. The largest absolute Gasteiger partial charge is 0.328 e. The maximum absolute atomic E-state index is 13.4. The van der Waals surface area contributed by atoms with Gasteiger partial charge < -0.3 is 10.6 Å². The minimum Gasteiger partial charge on any atom is -0.328 e. The number of hydrogen-bond acceptors (Lipinski definition) is 8. The second-order valence-electron chi connectivity index (χ2n) is 7.56. The number of fused-ring (bicyclic) bond motifs is 1. The number of hydrogen-bond donors (Lipinski definition) is 2. The van der Waals surface area contributed by atoms with Crippen molar-refractivity contribution in [2.24, 2.45) is 0 Å². The summed E-state index contributed by atoms with van der Waals surface area (Å²) in [5.74, 6) is 0.428. The molecular formula is C23H18N8O3. The van der Waals surface area contributed by atoms with Crippen LogP contribution in [0.4, 0.5) is 17.3 Å². The Morgan fingerprint density at radius 2 is 1.91 bits per heavy atom. The van der Waals surface area contributed by atoms with Crippen LogP contribution < -0.4 is 10.6 Å². The summed E-state index contributed by atoms with van der Waals surface area (Å²) in [6.07, 6.45) is 6.43. The van der Waals surface area contributed by atoms with Gasteiger partial charge in [-0.3, -0.25) is 24.9 Å². The molecule has 5 rings (SSSR count). The molecule has 0 saturated heterocycles. The summed E-state index contributed by atoms with van der Waals surface area (Å²) in [7, 11) is 0. The molecule has 0 bridgehead atoms. The number of aromatic nitrogens is 5. The summed E-state index contributed by atoms with van der Waals surface area (Å²) in [6.45, 7) is 1.75. The number of nitrogens with one attached hydrogen (secondary N) is 2. The average Bonchev–Trinajstić information content (AvgIpc) is 3.28. The number of carbonyl (C=O) groups excluding carboxylic acids is 1. The number of nitro benzene ring substituents is 1. The summed E-state index contributed by atoms with van der Waals surface area (Å²) in [6, 6.07) is 12.4. The topological polar surface area (TPSA) is 141 Å². The highest BCUT2D eigenvalue weighted by Crippen LogP contribution is 2.37. The fourth-order valence-electron chi connectivity index (χ4n) is 3.81. The van der Waals surface area contributed by atoms with E-state index < -0.39 is 16.9 Å². The molecule has 11 nitrogen and oxygen atoms in total. The van der Waals surface area contributed by atoms with Gasteiger partial charge >= 0.3 is 0 Å². The maximum Gasteiger partial charge on any atom is 0.269 e. The number of nitro groups is 1. The van der Waals surface area contributed by atoms with E-state index in [-0.39, 0.29) is 5.69 Å². The minimum absolute atomic E-state index is 0.0881. The fraction of sp³-hybridized carbons (Fsp3) is 0.0870. The van der Waals surface area contributed by atoms with E-state index in [4.69, 9.17) is 0 Å². The second kappa shape index (κ2) is 8.54. The molecule has 4 heterocycles. The highest BCUT2D eigenvalue weighted by molar-refractivity contribution is 6.06. The van der Waals surface area contributed by atoms with Crippen LogP contribution in [-0.2, 0) is 4.79 Å². The van der Waals surface area contributed by atoms with Crippen LogP contribution in [0.1, 0.15) is 18.5 Å². The lowest BCUT2D eigenvalue weighted by Gasteiger charge is -2.28. The van der Waals surface area contributed by atoms with Crippen LogP contribution in [-0.4, -0.2) is 35.6 Å². The molecule has 1 aliphatic heterocycles. The third-order valence-electron chi connectivity index (χ3n) is 5.33. The third kappa shape index (κ3) is 3.86. The maximum atomic E-state index is 13.4. The Balaban J connectivity index is 1.63. The van der Waals surface area contributed by atoms with Gasteiger partial charge in [-0.05, 0) is 36.8 Å². The number of benzene rings is 1. The number of amides is 1. The van der Waals surface area contributed by atoms with Gasteiger partial charge in [0.2, 0.25) is 5.95 Å². The zero-order valence-corrected chi connectivity index (χ0v) is 17.9.